The second-order valence-corrected chi connectivity index (χ2v) is 4.68. The summed E-state index contributed by atoms with van der Waals surface area (Å²) in [4.78, 5) is 10.7. The Balaban J connectivity index is 2.47. The van der Waals surface area contributed by atoms with Crippen LogP contribution in [0.4, 0.5) is 4.39 Å². The summed E-state index contributed by atoms with van der Waals surface area (Å²) < 4.78 is 13.4. The van der Waals surface area contributed by atoms with Crippen LogP contribution in [0.2, 0.25) is 0 Å². The highest BCUT2D eigenvalue weighted by Crippen LogP contribution is 2.22. The van der Waals surface area contributed by atoms with E-state index in [1.165, 1.54) is 24.3 Å². The van der Waals surface area contributed by atoms with Crippen LogP contribution in [-0.4, -0.2) is 4.92 Å². The molecule has 0 bridgehead atoms. The maximum absolute atomic E-state index is 13.1. The summed E-state index contributed by atoms with van der Waals surface area (Å²) in [6.07, 6.45) is 1.42. The first-order chi connectivity index (χ1) is 9.08. The van der Waals surface area contributed by atoms with Crippen molar-refractivity contribution in [1.29, 1.82) is 0 Å². The van der Waals surface area contributed by atoms with Crippen molar-refractivity contribution in [3.8, 4) is 0 Å². The normalized spacial score (nSPS) is 11.4. The van der Waals surface area contributed by atoms with Gasteiger partial charge in [-0.05, 0) is 45.8 Å². The van der Waals surface area contributed by atoms with Crippen LogP contribution in [0.1, 0.15) is 11.1 Å². The van der Waals surface area contributed by atoms with Crippen LogP contribution < -0.4 is 0 Å². The Morgan fingerprint density at radius 2 is 1.89 bits per heavy atom. The maximum Gasteiger partial charge on any atom is 0.277 e. The van der Waals surface area contributed by atoms with Crippen molar-refractivity contribution < 1.29 is 9.31 Å². The molecule has 0 heterocycles. The van der Waals surface area contributed by atoms with Gasteiger partial charge in [0.15, 0.2) is 0 Å². The van der Waals surface area contributed by atoms with Gasteiger partial charge in [0.2, 0.25) is 0 Å². The molecular weight excluding hydrogens is 313 g/mol. The van der Waals surface area contributed by atoms with Crippen molar-refractivity contribution in [2.75, 3.05) is 0 Å². The Kier molecular flexibility index (Phi) is 4.06. The molecule has 0 aliphatic rings. The predicted molar refractivity (Wildman–Crippen MR) is 75.4 cm³/mol. The van der Waals surface area contributed by atoms with Crippen molar-refractivity contribution in [3.05, 3.63) is 80.1 Å². The molecule has 2 rings (SSSR count). The first-order valence-electron chi connectivity index (χ1n) is 5.44. The molecule has 0 unspecified atom stereocenters. The van der Waals surface area contributed by atoms with Gasteiger partial charge < -0.3 is 0 Å². The molecule has 3 nitrogen and oxygen atoms in total. The average Bonchev–Trinajstić information content (AvgIpc) is 2.40. The van der Waals surface area contributed by atoms with Gasteiger partial charge in [-0.25, -0.2) is 4.39 Å². The highest BCUT2D eigenvalue weighted by Gasteiger charge is 2.13. The summed E-state index contributed by atoms with van der Waals surface area (Å²) in [6.45, 7) is 0. The van der Waals surface area contributed by atoms with E-state index in [0.717, 1.165) is 0 Å². The van der Waals surface area contributed by atoms with Crippen LogP contribution in [0, 0.1) is 15.9 Å². The highest BCUT2D eigenvalue weighted by molar-refractivity contribution is 9.10. The van der Waals surface area contributed by atoms with E-state index in [0.29, 0.717) is 11.1 Å². The number of rotatable bonds is 3. The predicted octanol–water partition coefficient (Wildman–Crippen LogP) is 4.36. The van der Waals surface area contributed by atoms with Crippen LogP contribution >= 0.6 is 15.9 Å². The van der Waals surface area contributed by atoms with Gasteiger partial charge in [-0.15, -0.1) is 0 Å². The maximum atomic E-state index is 13.1. The van der Waals surface area contributed by atoms with E-state index >= 15 is 0 Å². The van der Waals surface area contributed by atoms with Gasteiger partial charge >= 0.3 is 0 Å². The van der Waals surface area contributed by atoms with E-state index in [2.05, 4.69) is 15.9 Å². The van der Waals surface area contributed by atoms with E-state index in [4.69, 9.17) is 0 Å². The Morgan fingerprint density at radius 3 is 2.47 bits per heavy atom. The van der Waals surface area contributed by atoms with E-state index < -0.39 is 10.7 Å². The van der Waals surface area contributed by atoms with Gasteiger partial charge in [0.1, 0.15) is 5.82 Å². The van der Waals surface area contributed by atoms with E-state index in [1.54, 1.807) is 30.3 Å². The Labute approximate surface area is 117 Å². The molecule has 0 amide bonds. The average molecular weight is 322 g/mol. The molecule has 0 aliphatic carbocycles. The van der Waals surface area contributed by atoms with E-state index in [9.17, 15) is 14.5 Å². The fraction of sp³-hybridized carbons (Fsp3) is 0. The molecule has 96 valence electrons. The minimum absolute atomic E-state index is 0.0286. The molecule has 0 atom stereocenters. The Hall–Kier alpha value is -2.01. The van der Waals surface area contributed by atoms with Crippen molar-refractivity contribution in [1.82, 2.24) is 0 Å². The lowest BCUT2D eigenvalue weighted by Gasteiger charge is -2.00. The first-order valence-corrected chi connectivity index (χ1v) is 6.24. The Morgan fingerprint density at radius 1 is 1.21 bits per heavy atom. The molecular formula is C14H9BrFNO2. The minimum atomic E-state index is -0.452. The zero-order valence-electron chi connectivity index (χ0n) is 9.72. The second-order valence-electron chi connectivity index (χ2n) is 3.83. The summed E-state index contributed by atoms with van der Waals surface area (Å²) in [5.74, 6) is -0.403. The number of nitrogens with zero attached hydrogens (tertiary/aromatic N) is 1. The molecule has 0 aromatic heterocycles. The summed E-state index contributed by atoms with van der Waals surface area (Å²) in [5, 5.41) is 11.1. The minimum Gasteiger partial charge on any atom is -0.258 e. The quantitative estimate of drug-likeness (QED) is 0.479. The van der Waals surface area contributed by atoms with Crippen LogP contribution in [0.5, 0.6) is 0 Å². The number of hydrogen-bond donors (Lipinski definition) is 0. The van der Waals surface area contributed by atoms with Crippen LogP contribution in [0.25, 0.3) is 11.8 Å². The SMILES string of the molecule is O=[N+]([O-])/C(=C/c1ccc(F)c(Br)c1)c1ccccc1. The van der Waals surface area contributed by atoms with Crippen LogP contribution in [0.3, 0.4) is 0 Å². The molecule has 2 aromatic rings. The summed E-state index contributed by atoms with van der Waals surface area (Å²) in [5.41, 5.74) is 1.04. The molecule has 5 heteroatoms. The standard InChI is InChI=1S/C14H9BrFNO2/c15-12-8-10(6-7-13(12)16)9-14(17(18)19)11-4-2-1-3-5-11/h1-9H/b14-9+. The number of halogens is 2. The van der Waals surface area contributed by atoms with Crippen LogP contribution in [-0.2, 0) is 0 Å². The summed E-state index contributed by atoms with van der Waals surface area (Å²) >= 11 is 3.06. The molecule has 0 fully saturated rings. The lowest BCUT2D eigenvalue weighted by atomic mass is 10.1. The molecule has 0 saturated heterocycles. The third-order valence-corrected chi connectivity index (χ3v) is 3.12. The monoisotopic (exact) mass is 321 g/mol. The molecule has 19 heavy (non-hydrogen) atoms. The number of benzene rings is 2. The van der Waals surface area contributed by atoms with Gasteiger partial charge in [-0.3, -0.25) is 10.1 Å². The number of hydrogen-bond acceptors (Lipinski definition) is 2. The van der Waals surface area contributed by atoms with Crippen molar-refractivity contribution in [2.24, 2.45) is 0 Å². The molecule has 0 N–H and O–H groups in total. The fourth-order valence-corrected chi connectivity index (χ4v) is 2.01. The molecule has 0 radical (unpaired) electrons. The zero-order valence-corrected chi connectivity index (χ0v) is 11.3. The van der Waals surface area contributed by atoms with Crippen molar-refractivity contribution in [2.45, 2.75) is 0 Å². The van der Waals surface area contributed by atoms with Crippen molar-refractivity contribution >= 4 is 27.7 Å². The van der Waals surface area contributed by atoms with Gasteiger partial charge in [-0.2, -0.15) is 0 Å². The third kappa shape index (κ3) is 3.26. The van der Waals surface area contributed by atoms with Gasteiger partial charge in [0, 0.05) is 6.08 Å². The summed E-state index contributed by atoms with van der Waals surface area (Å²) in [7, 11) is 0. The lowest BCUT2D eigenvalue weighted by molar-refractivity contribution is -0.374. The summed E-state index contributed by atoms with van der Waals surface area (Å²) in [6, 6.07) is 12.8. The van der Waals surface area contributed by atoms with Gasteiger partial charge in [0.25, 0.3) is 5.70 Å². The largest absolute Gasteiger partial charge is 0.277 e. The van der Waals surface area contributed by atoms with E-state index in [-0.39, 0.29) is 10.2 Å². The molecule has 0 spiro atoms. The van der Waals surface area contributed by atoms with Gasteiger partial charge in [0.05, 0.1) is 15.0 Å². The zero-order chi connectivity index (χ0) is 13.8. The van der Waals surface area contributed by atoms with Gasteiger partial charge in [-0.1, -0.05) is 24.3 Å². The smallest absolute Gasteiger partial charge is 0.258 e. The first kappa shape index (κ1) is 13.4. The van der Waals surface area contributed by atoms with Crippen molar-refractivity contribution in [3.63, 3.8) is 0 Å². The highest BCUT2D eigenvalue weighted by atomic mass is 79.9. The third-order valence-electron chi connectivity index (χ3n) is 2.51. The fourth-order valence-electron chi connectivity index (χ4n) is 1.61. The molecule has 2 aromatic carbocycles. The lowest BCUT2D eigenvalue weighted by Crippen LogP contribution is -1.97. The topological polar surface area (TPSA) is 43.1 Å². The molecule has 0 saturated carbocycles. The molecule has 0 aliphatic heterocycles. The van der Waals surface area contributed by atoms with E-state index in [1.807, 2.05) is 0 Å². The van der Waals surface area contributed by atoms with Crippen LogP contribution in [0.15, 0.2) is 53.0 Å². The number of nitro groups is 1. The second kappa shape index (κ2) is 5.75. The Bertz CT molecular complexity index is 641.